The van der Waals surface area contributed by atoms with Crippen LogP contribution in [-0.4, -0.2) is 18.3 Å². The average molecular weight is 212 g/mol. The second kappa shape index (κ2) is 3.89. The lowest BCUT2D eigenvalue weighted by molar-refractivity contribution is 0.178. The summed E-state index contributed by atoms with van der Waals surface area (Å²) in [5, 5.41) is 13.5. The van der Waals surface area contributed by atoms with Gasteiger partial charge in [0.05, 0.1) is 12.1 Å². The van der Waals surface area contributed by atoms with Crippen molar-refractivity contribution in [1.82, 2.24) is 5.32 Å². The lowest BCUT2D eigenvalue weighted by atomic mass is 9.89. The number of aliphatic hydroxyl groups is 1. The van der Waals surface area contributed by atoms with E-state index in [1.54, 1.807) is 0 Å². The Kier molecular flexibility index (Phi) is 2.77. The maximum Gasteiger partial charge on any atom is 0.0669 e. The molecule has 0 saturated carbocycles. The quantitative estimate of drug-likeness (QED) is 0.784. The highest BCUT2D eigenvalue weighted by Crippen LogP contribution is 2.30. The Hall–Kier alpha value is -0.570. The maximum absolute atomic E-state index is 9.44. The molecule has 1 aliphatic rings. The summed E-state index contributed by atoms with van der Waals surface area (Å²) in [6, 6.07) is 7.70. The molecule has 2 N–H and O–H groups in total. The first kappa shape index (κ1) is 9.97. The van der Waals surface area contributed by atoms with Crippen molar-refractivity contribution in [3.05, 3.63) is 34.9 Å². The Labute approximate surface area is 88.9 Å². The van der Waals surface area contributed by atoms with Crippen LogP contribution in [0.4, 0.5) is 0 Å². The highest BCUT2D eigenvalue weighted by molar-refractivity contribution is 6.30. The monoisotopic (exact) mass is 211 g/mol. The molecule has 0 radical (unpaired) electrons. The zero-order valence-electron chi connectivity index (χ0n) is 7.96. The fourth-order valence-electron chi connectivity index (χ4n) is 2.05. The van der Waals surface area contributed by atoms with Gasteiger partial charge in [0, 0.05) is 5.02 Å². The van der Waals surface area contributed by atoms with Crippen molar-refractivity contribution in [2.75, 3.05) is 13.2 Å². The van der Waals surface area contributed by atoms with Crippen LogP contribution in [0.5, 0.6) is 0 Å². The van der Waals surface area contributed by atoms with Gasteiger partial charge in [-0.15, -0.1) is 0 Å². The summed E-state index contributed by atoms with van der Waals surface area (Å²) in [7, 11) is 0. The fraction of sp³-hybridized carbons (Fsp3) is 0.455. The molecule has 0 aromatic heterocycles. The van der Waals surface area contributed by atoms with Crippen LogP contribution in [0.25, 0.3) is 0 Å². The maximum atomic E-state index is 9.44. The molecule has 1 saturated heterocycles. The second-order valence-electron chi connectivity index (χ2n) is 3.78. The standard InChI is InChI=1S/C11H14ClNO/c12-10-4-2-9(3-5-10)11(8-14)6-1-7-13-11/h2-5,13-14H,1,6-8H2. The number of hydrogen-bond acceptors (Lipinski definition) is 2. The Morgan fingerprint density at radius 3 is 2.57 bits per heavy atom. The van der Waals surface area contributed by atoms with Gasteiger partial charge in [0.2, 0.25) is 0 Å². The van der Waals surface area contributed by atoms with E-state index in [2.05, 4.69) is 5.32 Å². The predicted octanol–water partition coefficient (Wildman–Crippen LogP) is 1.91. The Morgan fingerprint density at radius 1 is 1.36 bits per heavy atom. The van der Waals surface area contributed by atoms with E-state index < -0.39 is 0 Å². The molecule has 0 spiro atoms. The third kappa shape index (κ3) is 1.65. The molecule has 76 valence electrons. The van der Waals surface area contributed by atoms with Gasteiger partial charge in [0.15, 0.2) is 0 Å². The summed E-state index contributed by atoms with van der Waals surface area (Å²) in [6.45, 7) is 1.12. The molecule has 1 fully saturated rings. The lowest BCUT2D eigenvalue weighted by Crippen LogP contribution is -2.40. The topological polar surface area (TPSA) is 32.3 Å². The van der Waals surface area contributed by atoms with E-state index in [1.165, 1.54) is 0 Å². The summed E-state index contributed by atoms with van der Waals surface area (Å²) < 4.78 is 0. The van der Waals surface area contributed by atoms with Crippen LogP contribution in [-0.2, 0) is 5.54 Å². The predicted molar refractivity (Wildman–Crippen MR) is 57.5 cm³/mol. The molecule has 0 bridgehead atoms. The van der Waals surface area contributed by atoms with Crippen LogP contribution in [0.1, 0.15) is 18.4 Å². The SMILES string of the molecule is OCC1(c2ccc(Cl)cc2)CCCN1. The molecule has 0 amide bonds. The molecule has 14 heavy (non-hydrogen) atoms. The third-order valence-corrected chi connectivity index (χ3v) is 3.16. The van der Waals surface area contributed by atoms with E-state index >= 15 is 0 Å². The molecule has 3 heteroatoms. The molecule has 1 unspecified atom stereocenters. The summed E-state index contributed by atoms with van der Waals surface area (Å²) in [5.41, 5.74) is 0.895. The number of hydrogen-bond donors (Lipinski definition) is 2. The molecule has 1 heterocycles. The highest BCUT2D eigenvalue weighted by Gasteiger charge is 2.34. The number of nitrogens with one attached hydrogen (secondary N) is 1. The minimum atomic E-state index is -0.232. The first-order valence-electron chi connectivity index (χ1n) is 4.89. The number of aliphatic hydroxyl groups excluding tert-OH is 1. The minimum Gasteiger partial charge on any atom is -0.394 e. The molecule has 1 aromatic rings. The molecule has 2 nitrogen and oxygen atoms in total. The number of benzene rings is 1. The van der Waals surface area contributed by atoms with Gasteiger partial charge in [-0.05, 0) is 37.1 Å². The highest BCUT2D eigenvalue weighted by atomic mass is 35.5. The zero-order valence-corrected chi connectivity index (χ0v) is 8.72. The Morgan fingerprint density at radius 2 is 2.07 bits per heavy atom. The van der Waals surface area contributed by atoms with Crippen LogP contribution >= 0.6 is 11.6 Å². The average Bonchev–Trinajstić information content (AvgIpc) is 2.68. The molecule has 1 aliphatic heterocycles. The first-order valence-corrected chi connectivity index (χ1v) is 5.27. The summed E-state index contributed by atoms with van der Waals surface area (Å²) >= 11 is 5.82. The Bertz CT molecular complexity index is 304. The van der Waals surface area contributed by atoms with E-state index in [4.69, 9.17) is 11.6 Å². The zero-order chi connectivity index (χ0) is 10.0. The molecular weight excluding hydrogens is 198 g/mol. The van der Waals surface area contributed by atoms with Crippen molar-refractivity contribution in [2.45, 2.75) is 18.4 Å². The molecule has 1 aromatic carbocycles. The summed E-state index contributed by atoms with van der Waals surface area (Å²) in [5.74, 6) is 0. The molecular formula is C11H14ClNO. The van der Waals surface area contributed by atoms with Crippen LogP contribution in [0.2, 0.25) is 5.02 Å². The molecule has 0 aliphatic carbocycles. The van der Waals surface area contributed by atoms with E-state index in [9.17, 15) is 5.11 Å². The van der Waals surface area contributed by atoms with Crippen molar-refractivity contribution in [1.29, 1.82) is 0 Å². The second-order valence-corrected chi connectivity index (χ2v) is 4.21. The van der Waals surface area contributed by atoms with Crippen LogP contribution in [0.15, 0.2) is 24.3 Å². The summed E-state index contributed by atoms with van der Waals surface area (Å²) in [4.78, 5) is 0. The van der Waals surface area contributed by atoms with E-state index in [-0.39, 0.29) is 12.1 Å². The minimum absolute atomic E-state index is 0.147. The van der Waals surface area contributed by atoms with Crippen molar-refractivity contribution >= 4 is 11.6 Å². The first-order chi connectivity index (χ1) is 6.77. The molecule has 1 atom stereocenters. The summed E-state index contributed by atoms with van der Waals surface area (Å²) in [6.07, 6.45) is 2.11. The van der Waals surface area contributed by atoms with Crippen molar-refractivity contribution in [3.63, 3.8) is 0 Å². The number of halogens is 1. The fourth-order valence-corrected chi connectivity index (χ4v) is 2.17. The Balaban J connectivity index is 2.31. The van der Waals surface area contributed by atoms with E-state index in [0.29, 0.717) is 0 Å². The number of rotatable bonds is 2. The van der Waals surface area contributed by atoms with Crippen LogP contribution in [0, 0.1) is 0 Å². The third-order valence-electron chi connectivity index (χ3n) is 2.91. The van der Waals surface area contributed by atoms with Crippen molar-refractivity contribution in [3.8, 4) is 0 Å². The van der Waals surface area contributed by atoms with Gasteiger partial charge in [0.1, 0.15) is 0 Å². The smallest absolute Gasteiger partial charge is 0.0669 e. The van der Waals surface area contributed by atoms with Gasteiger partial charge in [0.25, 0.3) is 0 Å². The van der Waals surface area contributed by atoms with E-state index in [0.717, 1.165) is 30.0 Å². The van der Waals surface area contributed by atoms with Gasteiger partial charge in [-0.3, -0.25) is 0 Å². The van der Waals surface area contributed by atoms with Gasteiger partial charge >= 0.3 is 0 Å². The van der Waals surface area contributed by atoms with Crippen molar-refractivity contribution < 1.29 is 5.11 Å². The van der Waals surface area contributed by atoms with E-state index in [1.807, 2.05) is 24.3 Å². The van der Waals surface area contributed by atoms with Gasteiger partial charge in [-0.2, -0.15) is 0 Å². The molecule has 2 rings (SSSR count). The normalized spacial score (nSPS) is 26.7. The van der Waals surface area contributed by atoms with Crippen molar-refractivity contribution in [2.24, 2.45) is 0 Å². The largest absolute Gasteiger partial charge is 0.394 e. The van der Waals surface area contributed by atoms with Gasteiger partial charge in [-0.1, -0.05) is 23.7 Å². The van der Waals surface area contributed by atoms with Gasteiger partial charge in [-0.25, -0.2) is 0 Å². The van der Waals surface area contributed by atoms with Crippen LogP contribution in [0.3, 0.4) is 0 Å². The lowest BCUT2D eigenvalue weighted by Gasteiger charge is -2.27. The van der Waals surface area contributed by atoms with Crippen LogP contribution < -0.4 is 5.32 Å². The van der Waals surface area contributed by atoms with Gasteiger partial charge < -0.3 is 10.4 Å².